The molecule has 36 valence electrons. The fraction of sp³-hybridized carbons (Fsp3) is 1.00. The van der Waals surface area contributed by atoms with Crippen LogP contribution in [0, 0.1) is 0 Å². The second kappa shape index (κ2) is 2.26. The van der Waals surface area contributed by atoms with E-state index < -0.39 is 0 Å². The Morgan fingerprint density at radius 3 is 1.67 bits per heavy atom. The molecular weight excluding hydrogens is 269 g/mol. The first-order valence-electron chi connectivity index (χ1n) is 2.28. The van der Waals surface area contributed by atoms with Gasteiger partial charge in [-0.3, -0.25) is 0 Å². The van der Waals surface area contributed by atoms with Crippen LogP contribution < -0.4 is 0 Å². The monoisotopic (exact) mass is 280 g/mol. The zero-order valence-electron chi connectivity index (χ0n) is 4.65. The minimum atomic E-state index is 0.653. The molecule has 0 amide bonds. The second-order valence-corrected chi connectivity index (χ2v) is 6.87. The van der Waals surface area contributed by atoms with Gasteiger partial charge in [-0.1, -0.05) is 0 Å². The molecule has 0 aromatic rings. The summed E-state index contributed by atoms with van der Waals surface area (Å²) in [6.45, 7) is 6.82. The third-order valence-electron chi connectivity index (χ3n) is 0.865. The van der Waals surface area contributed by atoms with Crippen LogP contribution in [0.2, 0.25) is 3.12 Å². The molecule has 0 aliphatic carbocycles. The second-order valence-electron chi connectivity index (χ2n) is 2.17. The summed E-state index contributed by atoms with van der Waals surface area (Å²) in [5, 5.41) is 0. The molecule has 0 saturated heterocycles. The van der Waals surface area contributed by atoms with E-state index in [-0.39, 0.29) is 0 Å². The summed E-state index contributed by atoms with van der Waals surface area (Å²) in [4.78, 5) is 0. The van der Waals surface area contributed by atoms with Gasteiger partial charge in [0.15, 0.2) is 0 Å². The van der Waals surface area contributed by atoms with Crippen molar-refractivity contribution in [3.63, 3.8) is 0 Å². The van der Waals surface area contributed by atoms with Crippen molar-refractivity contribution in [2.45, 2.75) is 30.3 Å². The third kappa shape index (κ3) is 4.88. The van der Waals surface area contributed by atoms with E-state index in [2.05, 4.69) is 20.8 Å². The van der Waals surface area contributed by atoms with E-state index in [1.165, 1.54) is 31.1 Å². The Morgan fingerprint density at radius 1 is 1.50 bits per heavy atom. The van der Waals surface area contributed by atoms with Gasteiger partial charge in [0.25, 0.3) is 0 Å². The van der Waals surface area contributed by atoms with E-state index in [9.17, 15) is 0 Å². The first kappa shape index (κ1) is 6.88. The van der Waals surface area contributed by atoms with Gasteiger partial charge < -0.3 is 0 Å². The molecule has 0 aromatic carbocycles. The van der Waals surface area contributed by atoms with E-state index in [1.807, 2.05) is 0 Å². The summed E-state index contributed by atoms with van der Waals surface area (Å²) < 4.78 is 0.653. The number of hydrogen-bond acceptors (Lipinski definition) is 0. The molecule has 1 heteroatoms. The zero-order chi connectivity index (χ0) is 5.21. The maximum atomic E-state index is 2.29. The standard InChI is InChI=1S/C5H11.Bi/c1-4-5(2)3;/h4H2,1-3H3;. The molecule has 0 unspecified atom stereocenters. The van der Waals surface area contributed by atoms with Crippen LogP contribution in [-0.2, 0) is 0 Å². The van der Waals surface area contributed by atoms with Crippen LogP contribution in [0.15, 0.2) is 0 Å². The molecular formula is C5H11Bi. The molecule has 0 aliphatic rings. The fourth-order valence-corrected chi connectivity index (χ4v) is 0. The van der Waals surface area contributed by atoms with Crippen LogP contribution >= 0.6 is 0 Å². The van der Waals surface area contributed by atoms with Gasteiger partial charge in [-0.25, -0.2) is 0 Å². The molecule has 0 aromatic heterocycles. The van der Waals surface area contributed by atoms with Crippen molar-refractivity contribution < 1.29 is 0 Å². The van der Waals surface area contributed by atoms with Gasteiger partial charge in [0, 0.05) is 0 Å². The Bertz CT molecular complexity index is 33.7. The summed E-state index contributed by atoms with van der Waals surface area (Å²) >= 11 is 1.51. The van der Waals surface area contributed by atoms with Gasteiger partial charge in [-0.05, 0) is 0 Å². The van der Waals surface area contributed by atoms with Gasteiger partial charge in [-0.2, -0.15) is 0 Å². The van der Waals surface area contributed by atoms with Crippen molar-refractivity contribution in [2.24, 2.45) is 0 Å². The molecule has 0 atom stereocenters. The van der Waals surface area contributed by atoms with Crippen LogP contribution in [0.1, 0.15) is 27.2 Å². The topological polar surface area (TPSA) is 0 Å². The van der Waals surface area contributed by atoms with Gasteiger partial charge in [0.1, 0.15) is 0 Å². The van der Waals surface area contributed by atoms with Crippen LogP contribution in [0.3, 0.4) is 0 Å². The number of rotatable bonds is 1. The van der Waals surface area contributed by atoms with Gasteiger partial charge in [0.05, 0.1) is 0 Å². The quantitative estimate of drug-likeness (QED) is 0.642. The Labute approximate surface area is 55.2 Å². The van der Waals surface area contributed by atoms with E-state index in [1.54, 1.807) is 0 Å². The predicted octanol–water partition coefficient (Wildman–Crippen LogP) is 1.76. The SMILES string of the molecule is CC[C](C)(C)[Bi]. The molecule has 6 heavy (non-hydrogen) atoms. The van der Waals surface area contributed by atoms with Crippen molar-refractivity contribution >= 4 is 24.7 Å². The Hall–Kier alpha value is 0.883. The molecule has 0 N–H and O–H groups in total. The summed E-state index contributed by atoms with van der Waals surface area (Å²) in [6, 6.07) is 0. The molecule has 0 aliphatic heterocycles. The first-order valence-corrected chi connectivity index (χ1v) is 4.02. The summed E-state index contributed by atoms with van der Waals surface area (Å²) in [5.74, 6) is 0. The van der Waals surface area contributed by atoms with E-state index >= 15 is 0 Å². The Kier molecular flexibility index (Phi) is 2.59. The Balaban J connectivity index is 3.17. The molecule has 0 heterocycles. The third-order valence-corrected chi connectivity index (χ3v) is 2.09. The van der Waals surface area contributed by atoms with Crippen LogP contribution in [0.5, 0.6) is 0 Å². The normalized spacial score (nSPS) is 12.0. The summed E-state index contributed by atoms with van der Waals surface area (Å²) in [5.41, 5.74) is 0. The molecule has 0 nitrogen and oxygen atoms in total. The molecule has 0 bridgehead atoms. The molecule has 2 radical (unpaired) electrons. The van der Waals surface area contributed by atoms with E-state index in [0.29, 0.717) is 3.12 Å². The molecule has 0 fully saturated rings. The van der Waals surface area contributed by atoms with Gasteiger partial charge in [-0.15, -0.1) is 0 Å². The molecule has 0 rings (SSSR count). The van der Waals surface area contributed by atoms with Crippen molar-refractivity contribution in [2.75, 3.05) is 0 Å². The van der Waals surface area contributed by atoms with Crippen LogP contribution in [-0.4, -0.2) is 24.7 Å². The van der Waals surface area contributed by atoms with Crippen molar-refractivity contribution in [3.05, 3.63) is 0 Å². The van der Waals surface area contributed by atoms with Gasteiger partial charge in [0.2, 0.25) is 0 Å². The molecule has 0 spiro atoms. The minimum absolute atomic E-state index is 0.653. The maximum absolute atomic E-state index is 2.29. The predicted molar refractivity (Wildman–Crippen MR) is 30.1 cm³/mol. The van der Waals surface area contributed by atoms with Crippen molar-refractivity contribution in [1.29, 1.82) is 0 Å². The fourth-order valence-electron chi connectivity index (χ4n) is 0. The van der Waals surface area contributed by atoms with Crippen LogP contribution in [0.25, 0.3) is 0 Å². The van der Waals surface area contributed by atoms with Crippen molar-refractivity contribution in [1.82, 2.24) is 0 Å². The van der Waals surface area contributed by atoms with E-state index in [0.717, 1.165) is 0 Å². The average Bonchev–Trinajstić information content (AvgIpc) is 1.35. The first-order chi connectivity index (χ1) is 2.56. The summed E-state index contributed by atoms with van der Waals surface area (Å²) in [6.07, 6.45) is 1.32. The van der Waals surface area contributed by atoms with Crippen LogP contribution in [0.4, 0.5) is 0 Å². The van der Waals surface area contributed by atoms with E-state index in [4.69, 9.17) is 0 Å². The van der Waals surface area contributed by atoms with Gasteiger partial charge >= 0.3 is 55.0 Å². The van der Waals surface area contributed by atoms with Crippen molar-refractivity contribution in [3.8, 4) is 0 Å². The Morgan fingerprint density at radius 2 is 1.67 bits per heavy atom. The number of hydrogen-bond donors (Lipinski definition) is 0. The zero-order valence-corrected chi connectivity index (χ0v) is 8.13. The average molecular weight is 280 g/mol. The molecule has 0 saturated carbocycles. The summed E-state index contributed by atoms with van der Waals surface area (Å²) in [7, 11) is 0.